The molecule has 0 unspecified atom stereocenters. The molecule has 0 amide bonds. The average molecular weight is 392 g/mol. The highest BCUT2D eigenvalue weighted by Crippen LogP contribution is 2.23. The van der Waals surface area contributed by atoms with Crippen LogP contribution in [0.15, 0.2) is 65.3 Å². The minimum absolute atomic E-state index is 0.353. The van der Waals surface area contributed by atoms with E-state index in [0.29, 0.717) is 33.9 Å². The summed E-state index contributed by atoms with van der Waals surface area (Å²) in [7, 11) is 0. The van der Waals surface area contributed by atoms with Crippen LogP contribution in [0.4, 0.5) is 0 Å². The maximum absolute atomic E-state index is 6.16. The molecule has 2 aromatic carbocycles. The van der Waals surface area contributed by atoms with E-state index in [0.717, 1.165) is 16.9 Å². The first-order valence-corrected chi connectivity index (χ1v) is 8.75. The number of halogens is 2. The maximum Gasteiger partial charge on any atom is 0.122 e. The zero-order valence-electron chi connectivity index (χ0n) is 13.2. The molecule has 0 bridgehead atoms. The van der Waals surface area contributed by atoms with Crippen LogP contribution in [-0.4, -0.2) is 4.99 Å². The van der Waals surface area contributed by atoms with Gasteiger partial charge in [0, 0.05) is 21.2 Å². The molecule has 0 aliphatic carbocycles. The number of hydrogen-bond acceptors (Lipinski definition) is 3. The Morgan fingerprint density at radius 2 is 1.96 bits per heavy atom. The van der Waals surface area contributed by atoms with Crippen molar-refractivity contribution in [3.63, 3.8) is 0 Å². The molecular weight excluding hydrogens is 377 g/mol. The van der Waals surface area contributed by atoms with Gasteiger partial charge in [-0.1, -0.05) is 53.6 Å². The van der Waals surface area contributed by atoms with Gasteiger partial charge in [0.05, 0.1) is 12.8 Å². The van der Waals surface area contributed by atoms with E-state index < -0.39 is 0 Å². The molecule has 128 valence electrons. The Labute approximate surface area is 161 Å². The van der Waals surface area contributed by atoms with Gasteiger partial charge in [-0.15, -0.1) is 0 Å². The van der Waals surface area contributed by atoms with Crippen LogP contribution in [0.5, 0.6) is 5.75 Å². The smallest absolute Gasteiger partial charge is 0.122 e. The molecule has 0 radical (unpaired) electrons. The molecule has 1 N–H and O–H groups in total. The van der Waals surface area contributed by atoms with Gasteiger partial charge >= 0.3 is 0 Å². The fraction of sp³-hybridized carbons (Fsp3) is 0.105. The normalized spacial score (nSPS) is 10.5. The van der Waals surface area contributed by atoms with Crippen molar-refractivity contribution in [1.82, 2.24) is 5.32 Å². The van der Waals surface area contributed by atoms with Gasteiger partial charge in [-0.2, -0.15) is 0 Å². The monoisotopic (exact) mass is 391 g/mol. The van der Waals surface area contributed by atoms with Gasteiger partial charge in [-0.25, -0.2) is 0 Å². The van der Waals surface area contributed by atoms with E-state index in [1.807, 2.05) is 42.5 Å². The van der Waals surface area contributed by atoms with E-state index in [9.17, 15) is 0 Å². The standard InChI is InChI=1S/C19H15Cl2NO2S/c20-15-7-6-14(18(21)10-15)12-24-16-4-1-3-13(9-16)19(25)22-11-17-5-2-8-23-17/h1-10H,11-12H2,(H,22,25). The number of benzene rings is 2. The molecule has 3 rings (SSSR count). The lowest BCUT2D eigenvalue weighted by Crippen LogP contribution is -2.21. The van der Waals surface area contributed by atoms with Crippen molar-refractivity contribution in [1.29, 1.82) is 0 Å². The molecular formula is C19H15Cl2NO2S. The molecule has 0 fully saturated rings. The Hall–Kier alpha value is -2.01. The highest BCUT2D eigenvalue weighted by atomic mass is 35.5. The van der Waals surface area contributed by atoms with E-state index >= 15 is 0 Å². The minimum Gasteiger partial charge on any atom is -0.489 e. The second kappa shape index (κ2) is 8.39. The summed E-state index contributed by atoms with van der Waals surface area (Å²) >= 11 is 17.5. The lowest BCUT2D eigenvalue weighted by molar-refractivity contribution is 0.306. The van der Waals surface area contributed by atoms with Crippen molar-refractivity contribution in [2.45, 2.75) is 13.2 Å². The third-order valence-electron chi connectivity index (χ3n) is 3.51. The summed E-state index contributed by atoms with van der Waals surface area (Å²) in [5, 5.41) is 4.35. The number of furan rings is 1. The molecule has 3 aromatic rings. The fourth-order valence-corrected chi connectivity index (χ4v) is 2.87. The highest BCUT2D eigenvalue weighted by molar-refractivity contribution is 7.80. The molecule has 3 nitrogen and oxygen atoms in total. The van der Waals surface area contributed by atoms with Crippen LogP contribution in [0.2, 0.25) is 10.0 Å². The Morgan fingerprint density at radius 1 is 1.08 bits per heavy atom. The van der Waals surface area contributed by atoms with Crippen LogP contribution in [0.1, 0.15) is 16.9 Å². The lowest BCUT2D eigenvalue weighted by atomic mass is 10.2. The summed E-state index contributed by atoms with van der Waals surface area (Å²) in [4.78, 5) is 0.631. The van der Waals surface area contributed by atoms with Crippen molar-refractivity contribution in [2.75, 3.05) is 0 Å². The van der Waals surface area contributed by atoms with Crippen LogP contribution >= 0.6 is 35.4 Å². The number of hydrogen-bond donors (Lipinski definition) is 1. The molecule has 0 spiro atoms. The zero-order chi connectivity index (χ0) is 17.6. The summed E-state index contributed by atoms with van der Waals surface area (Å²) < 4.78 is 11.1. The van der Waals surface area contributed by atoms with Gasteiger partial charge in [-0.05, 0) is 36.4 Å². The fourth-order valence-electron chi connectivity index (χ4n) is 2.21. The van der Waals surface area contributed by atoms with Crippen LogP contribution < -0.4 is 10.1 Å². The van der Waals surface area contributed by atoms with Gasteiger partial charge in [0.25, 0.3) is 0 Å². The molecule has 6 heteroatoms. The summed E-state index contributed by atoms with van der Waals surface area (Å²) in [6.45, 7) is 0.892. The Balaban J connectivity index is 1.61. The Kier molecular flexibility index (Phi) is 5.97. The molecule has 0 saturated carbocycles. The minimum atomic E-state index is 0.353. The first kappa shape index (κ1) is 17.8. The predicted octanol–water partition coefficient (Wildman–Crippen LogP) is 5.63. The van der Waals surface area contributed by atoms with E-state index in [2.05, 4.69) is 5.32 Å². The van der Waals surface area contributed by atoms with Crippen molar-refractivity contribution in [2.24, 2.45) is 0 Å². The van der Waals surface area contributed by atoms with Crippen LogP contribution in [0.3, 0.4) is 0 Å². The van der Waals surface area contributed by atoms with Crippen LogP contribution in [0, 0.1) is 0 Å². The van der Waals surface area contributed by atoms with E-state index in [-0.39, 0.29) is 0 Å². The summed E-state index contributed by atoms with van der Waals surface area (Å²) in [6.07, 6.45) is 1.64. The number of nitrogens with one attached hydrogen (secondary N) is 1. The third-order valence-corrected chi connectivity index (χ3v) is 4.48. The number of thiocarbonyl (C=S) groups is 1. The average Bonchev–Trinajstić information content (AvgIpc) is 3.13. The quantitative estimate of drug-likeness (QED) is 0.552. The van der Waals surface area contributed by atoms with Gasteiger partial charge in [0.15, 0.2) is 0 Å². The maximum atomic E-state index is 6.16. The summed E-state index contributed by atoms with van der Waals surface area (Å²) in [6, 6.07) is 16.7. The van der Waals surface area contributed by atoms with Gasteiger partial charge < -0.3 is 14.5 Å². The van der Waals surface area contributed by atoms with E-state index in [1.54, 1.807) is 18.4 Å². The first-order valence-electron chi connectivity index (χ1n) is 7.59. The number of ether oxygens (including phenoxy) is 1. The van der Waals surface area contributed by atoms with Crippen molar-refractivity contribution < 1.29 is 9.15 Å². The highest BCUT2D eigenvalue weighted by Gasteiger charge is 2.06. The largest absolute Gasteiger partial charge is 0.489 e. The van der Waals surface area contributed by atoms with Crippen LogP contribution in [0.25, 0.3) is 0 Å². The lowest BCUT2D eigenvalue weighted by Gasteiger charge is -2.11. The Bertz CT molecular complexity index is 866. The molecule has 1 heterocycles. The SMILES string of the molecule is S=C(NCc1ccco1)c1cccc(OCc2ccc(Cl)cc2Cl)c1. The van der Waals surface area contributed by atoms with Gasteiger partial charge in [0.2, 0.25) is 0 Å². The summed E-state index contributed by atoms with van der Waals surface area (Å²) in [5.41, 5.74) is 1.75. The molecule has 25 heavy (non-hydrogen) atoms. The molecule has 0 aliphatic heterocycles. The molecule has 1 aromatic heterocycles. The van der Waals surface area contributed by atoms with Gasteiger partial charge in [-0.3, -0.25) is 0 Å². The number of rotatable bonds is 6. The first-order chi connectivity index (χ1) is 12.1. The van der Waals surface area contributed by atoms with Crippen molar-refractivity contribution >= 4 is 40.4 Å². The Morgan fingerprint density at radius 3 is 2.72 bits per heavy atom. The second-order valence-electron chi connectivity index (χ2n) is 5.31. The van der Waals surface area contributed by atoms with Crippen LogP contribution in [-0.2, 0) is 13.2 Å². The topological polar surface area (TPSA) is 34.4 Å². The van der Waals surface area contributed by atoms with Crippen molar-refractivity contribution in [3.05, 3.63) is 87.8 Å². The van der Waals surface area contributed by atoms with Crippen molar-refractivity contribution in [3.8, 4) is 5.75 Å². The third kappa shape index (κ3) is 4.98. The molecule has 0 atom stereocenters. The molecule has 0 aliphatic rings. The van der Waals surface area contributed by atoms with Gasteiger partial charge in [0.1, 0.15) is 23.1 Å². The molecule has 0 saturated heterocycles. The van der Waals surface area contributed by atoms with E-state index in [4.69, 9.17) is 44.6 Å². The zero-order valence-corrected chi connectivity index (χ0v) is 15.5. The predicted molar refractivity (Wildman–Crippen MR) is 104 cm³/mol. The summed E-state index contributed by atoms with van der Waals surface area (Å²) in [5.74, 6) is 1.54. The second-order valence-corrected chi connectivity index (χ2v) is 6.57. The van der Waals surface area contributed by atoms with E-state index in [1.165, 1.54) is 0 Å².